The summed E-state index contributed by atoms with van der Waals surface area (Å²) in [7, 11) is 0. The van der Waals surface area contributed by atoms with E-state index in [1.165, 1.54) is 0 Å². The molecule has 112 valence electrons. The summed E-state index contributed by atoms with van der Waals surface area (Å²) >= 11 is 0. The summed E-state index contributed by atoms with van der Waals surface area (Å²) in [6.07, 6.45) is 2.93. The molecule has 2 amide bonds. The lowest BCUT2D eigenvalue weighted by atomic mass is 10.2. The first-order chi connectivity index (χ1) is 9.75. The SMILES string of the molecule is O=C(NCC1CCCO1)C1CC1C(=O)N1CCOCC1. The third-order valence-corrected chi connectivity index (χ3v) is 4.30. The summed E-state index contributed by atoms with van der Waals surface area (Å²) in [4.78, 5) is 26.0. The van der Waals surface area contributed by atoms with Crippen molar-refractivity contribution in [3.63, 3.8) is 0 Å². The van der Waals surface area contributed by atoms with E-state index in [2.05, 4.69) is 5.32 Å². The van der Waals surface area contributed by atoms with Crippen LogP contribution in [0, 0.1) is 11.8 Å². The standard InChI is InChI=1S/C14H22N2O4/c17-13(15-9-10-2-1-5-20-10)11-8-12(11)14(18)16-3-6-19-7-4-16/h10-12H,1-9H2,(H,15,17). The zero-order valence-electron chi connectivity index (χ0n) is 11.7. The summed E-state index contributed by atoms with van der Waals surface area (Å²) in [6.45, 7) is 3.89. The first-order valence-electron chi connectivity index (χ1n) is 7.51. The average molecular weight is 282 g/mol. The first-order valence-corrected chi connectivity index (χ1v) is 7.51. The van der Waals surface area contributed by atoms with Gasteiger partial charge in [0, 0.05) is 26.2 Å². The Morgan fingerprint density at radius 3 is 2.65 bits per heavy atom. The minimum atomic E-state index is -0.133. The largest absolute Gasteiger partial charge is 0.378 e. The van der Waals surface area contributed by atoms with Gasteiger partial charge < -0.3 is 19.7 Å². The van der Waals surface area contributed by atoms with Gasteiger partial charge in [0.25, 0.3) is 0 Å². The lowest BCUT2D eigenvalue weighted by Gasteiger charge is -2.27. The molecule has 0 aromatic rings. The molecule has 3 atom stereocenters. The quantitative estimate of drug-likeness (QED) is 0.774. The lowest BCUT2D eigenvalue weighted by molar-refractivity contribution is -0.138. The Kier molecular flexibility index (Phi) is 4.21. The lowest BCUT2D eigenvalue weighted by Crippen LogP contribution is -2.42. The highest BCUT2D eigenvalue weighted by Crippen LogP contribution is 2.40. The van der Waals surface area contributed by atoms with Gasteiger partial charge in [0.2, 0.25) is 11.8 Å². The fourth-order valence-corrected chi connectivity index (χ4v) is 2.93. The van der Waals surface area contributed by atoms with Crippen LogP contribution in [0.5, 0.6) is 0 Å². The molecule has 6 nitrogen and oxygen atoms in total. The normalized spacial score (nSPS) is 33.0. The van der Waals surface area contributed by atoms with E-state index in [-0.39, 0.29) is 29.8 Å². The number of carbonyl (C=O) groups is 2. The summed E-state index contributed by atoms with van der Waals surface area (Å²) in [5.74, 6) is -0.123. The zero-order chi connectivity index (χ0) is 13.9. The summed E-state index contributed by atoms with van der Waals surface area (Å²) < 4.78 is 10.7. The molecular weight excluding hydrogens is 260 g/mol. The number of nitrogens with zero attached hydrogens (tertiary/aromatic N) is 1. The van der Waals surface area contributed by atoms with Crippen LogP contribution < -0.4 is 5.32 Å². The van der Waals surface area contributed by atoms with Gasteiger partial charge in [0.1, 0.15) is 0 Å². The van der Waals surface area contributed by atoms with Gasteiger partial charge in [-0.05, 0) is 19.3 Å². The van der Waals surface area contributed by atoms with Crippen LogP contribution in [0.4, 0.5) is 0 Å². The Labute approximate surface area is 118 Å². The second-order valence-electron chi connectivity index (χ2n) is 5.77. The zero-order valence-corrected chi connectivity index (χ0v) is 11.7. The molecule has 3 fully saturated rings. The summed E-state index contributed by atoms with van der Waals surface area (Å²) in [5, 5.41) is 2.91. The minimum absolute atomic E-state index is 0.00658. The molecule has 6 heteroatoms. The van der Waals surface area contributed by atoms with Crippen LogP contribution in [0.1, 0.15) is 19.3 Å². The number of amides is 2. The first kappa shape index (κ1) is 13.8. The van der Waals surface area contributed by atoms with Crippen molar-refractivity contribution < 1.29 is 19.1 Å². The van der Waals surface area contributed by atoms with Crippen LogP contribution in [0.25, 0.3) is 0 Å². The molecule has 3 aliphatic rings. The molecule has 3 rings (SSSR count). The van der Waals surface area contributed by atoms with Crippen molar-refractivity contribution in [2.24, 2.45) is 11.8 Å². The van der Waals surface area contributed by atoms with E-state index < -0.39 is 0 Å². The maximum absolute atomic E-state index is 12.2. The molecule has 1 N–H and O–H groups in total. The van der Waals surface area contributed by atoms with Crippen molar-refractivity contribution >= 4 is 11.8 Å². The average Bonchev–Trinajstić information content (AvgIpc) is 3.12. The molecule has 2 aliphatic heterocycles. The second-order valence-corrected chi connectivity index (χ2v) is 5.77. The van der Waals surface area contributed by atoms with Crippen molar-refractivity contribution in [1.82, 2.24) is 10.2 Å². The van der Waals surface area contributed by atoms with E-state index in [1.807, 2.05) is 4.90 Å². The number of hydrogen-bond donors (Lipinski definition) is 1. The van der Waals surface area contributed by atoms with Crippen molar-refractivity contribution in [1.29, 1.82) is 0 Å². The van der Waals surface area contributed by atoms with Crippen molar-refractivity contribution in [3.8, 4) is 0 Å². The molecule has 0 radical (unpaired) electrons. The fourth-order valence-electron chi connectivity index (χ4n) is 2.93. The van der Waals surface area contributed by atoms with Crippen LogP contribution in [0.2, 0.25) is 0 Å². The molecule has 2 saturated heterocycles. The van der Waals surface area contributed by atoms with E-state index in [0.717, 1.165) is 19.4 Å². The summed E-state index contributed by atoms with van der Waals surface area (Å²) in [5.41, 5.74) is 0. The van der Waals surface area contributed by atoms with E-state index in [4.69, 9.17) is 9.47 Å². The molecule has 0 aromatic carbocycles. The number of morpholine rings is 1. The van der Waals surface area contributed by atoms with Gasteiger partial charge >= 0.3 is 0 Å². The highest BCUT2D eigenvalue weighted by Gasteiger charge is 2.49. The van der Waals surface area contributed by atoms with Gasteiger partial charge in [-0.25, -0.2) is 0 Å². The van der Waals surface area contributed by atoms with E-state index >= 15 is 0 Å². The van der Waals surface area contributed by atoms with Crippen LogP contribution in [-0.2, 0) is 19.1 Å². The second kappa shape index (κ2) is 6.10. The van der Waals surface area contributed by atoms with Gasteiger partial charge in [-0.2, -0.15) is 0 Å². The fraction of sp³-hybridized carbons (Fsp3) is 0.857. The minimum Gasteiger partial charge on any atom is -0.378 e. The Bertz CT molecular complexity index is 375. The number of rotatable bonds is 4. The third kappa shape index (κ3) is 3.12. The van der Waals surface area contributed by atoms with Crippen LogP contribution >= 0.6 is 0 Å². The monoisotopic (exact) mass is 282 g/mol. The van der Waals surface area contributed by atoms with E-state index in [9.17, 15) is 9.59 Å². The molecule has 2 heterocycles. The van der Waals surface area contributed by atoms with Gasteiger partial charge in [-0.3, -0.25) is 9.59 Å². The number of carbonyl (C=O) groups excluding carboxylic acids is 2. The molecule has 0 spiro atoms. The van der Waals surface area contributed by atoms with Crippen LogP contribution in [-0.4, -0.2) is 62.3 Å². The predicted octanol–water partition coefficient (Wildman–Crippen LogP) is -0.223. The maximum atomic E-state index is 12.2. The Hall–Kier alpha value is -1.14. The molecule has 0 aromatic heterocycles. The molecule has 20 heavy (non-hydrogen) atoms. The molecule has 3 unspecified atom stereocenters. The van der Waals surface area contributed by atoms with E-state index in [1.54, 1.807) is 0 Å². The van der Waals surface area contributed by atoms with Gasteiger partial charge in [-0.1, -0.05) is 0 Å². The Morgan fingerprint density at radius 2 is 1.95 bits per heavy atom. The molecule has 1 saturated carbocycles. The van der Waals surface area contributed by atoms with Gasteiger partial charge in [0.05, 0.1) is 31.2 Å². The van der Waals surface area contributed by atoms with Crippen LogP contribution in [0.3, 0.4) is 0 Å². The Balaban J connectivity index is 1.40. The topological polar surface area (TPSA) is 67.9 Å². The molecular formula is C14H22N2O4. The van der Waals surface area contributed by atoms with Gasteiger partial charge in [0.15, 0.2) is 0 Å². The highest BCUT2D eigenvalue weighted by molar-refractivity contribution is 5.92. The number of hydrogen-bond acceptors (Lipinski definition) is 4. The smallest absolute Gasteiger partial charge is 0.226 e. The molecule has 0 bridgehead atoms. The van der Waals surface area contributed by atoms with E-state index in [0.29, 0.717) is 39.3 Å². The predicted molar refractivity (Wildman–Crippen MR) is 71.0 cm³/mol. The molecule has 1 aliphatic carbocycles. The van der Waals surface area contributed by atoms with Crippen molar-refractivity contribution in [2.45, 2.75) is 25.4 Å². The van der Waals surface area contributed by atoms with Crippen molar-refractivity contribution in [3.05, 3.63) is 0 Å². The van der Waals surface area contributed by atoms with Crippen molar-refractivity contribution in [2.75, 3.05) is 39.5 Å². The summed E-state index contributed by atoms with van der Waals surface area (Å²) in [6, 6.07) is 0. The van der Waals surface area contributed by atoms with Crippen LogP contribution in [0.15, 0.2) is 0 Å². The maximum Gasteiger partial charge on any atom is 0.226 e. The number of nitrogens with one attached hydrogen (secondary N) is 1. The number of ether oxygens (including phenoxy) is 2. The third-order valence-electron chi connectivity index (χ3n) is 4.30. The Morgan fingerprint density at radius 1 is 1.15 bits per heavy atom. The highest BCUT2D eigenvalue weighted by atomic mass is 16.5. The van der Waals surface area contributed by atoms with Gasteiger partial charge in [-0.15, -0.1) is 0 Å².